The zero-order chi connectivity index (χ0) is 22.8. The monoisotopic (exact) mass is 459 g/mol. The van der Waals surface area contributed by atoms with Gasteiger partial charge in [-0.2, -0.15) is 5.10 Å². The Hall–Kier alpha value is -3.09. The first-order valence-corrected chi connectivity index (χ1v) is 12.2. The van der Waals surface area contributed by atoms with Crippen molar-refractivity contribution >= 4 is 17.1 Å². The Morgan fingerprint density at radius 1 is 1.12 bits per heavy atom. The summed E-state index contributed by atoms with van der Waals surface area (Å²) in [5.41, 5.74) is 11.3. The van der Waals surface area contributed by atoms with Crippen LogP contribution < -0.4 is 5.73 Å². The maximum Gasteiger partial charge on any atom is 0.173 e. The standard InChI is InChI=1S/C27H26FN3OS/c28-21-9-4-6-18(13-21)12-19(16-29)14-24(32)26-15-22-25(33-26)10-5-11-31-27(22)23(17-30-31)20-7-2-1-3-8-20/h1-4,6-9,13,15,17,19H,5,10-12,14,16,29H2. The van der Waals surface area contributed by atoms with Crippen LogP contribution in [-0.2, 0) is 19.4 Å². The number of aromatic nitrogens is 2. The predicted octanol–water partition coefficient (Wildman–Crippen LogP) is 5.75. The highest BCUT2D eigenvalue weighted by Crippen LogP contribution is 2.40. The van der Waals surface area contributed by atoms with Gasteiger partial charge in [0.1, 0.15) is 5.82 Å². The van der Waals surface area contributed by atoms with Gasteiger partial charge < -0.3 is 5.73 Å². The van der Waals surface area contributed by atoms with Gasteiger partial charge in [-0.1, -0.05) is 42.5 Å². The van der Waals surface area contributed by atoms with E-state index in [0.29, 0.717) is 19.4 Å². The average molecular weight is 460 g/mol. The number of ketones is 1. The molecule has 1 unspecified atom stereocenters. The van der Waals surface area contributed by atoms with Crippen molar-refractivity contribution < 1.29 is 9.18 Å². The van der Waals surface area contributed by atoms with Crippen molar-refractivity contribution in [1.82, 2.24) is 9.78 Å². The van der Waals surface area contributed by atoms with Crippen LogP contribution in [0.1, 0.15) is 33.0 Å². The highest BCUT2D eigenvalue weighted by Gasteiger charge is 2.25. The first-order chi connectivity index (χ1) is 16.1. The molecule has 4 aromatic rings. The maximum absolute atomic E-state index is 13.6. The van der Waals surface area contributed by atoms with Crippen LogP contribution in [0.2, 0.25) is 0 Å². The van der Waals surface area contributed by atoms with Crippen molar-refractivity contribution in [2.45, 2.75) is 32.2 Å². The molecule has 2 aromatic carbocycles. The molecule has 0 saturated heterocycles. The lowest BCUT2D eigenvalue weighted by Gasteiger charge is -2.13. The number of nitrogens with zero attached hydrogens (tertiary/aromatic N) is 2. The lowest BCUT2D eigenvalue weighted by Crippen LogP contribution is -2.20. The first-order valence-electron chi connectivity index (χ1n) is 11.3. The van der Waals surface area contributed by atoms with Gasteiger partial charge in [-0.3, -0.25) is 9.48 Å². The number of rotatable bonds is 7. The molecule has 5 rings (SSSR count). The van der Waals surface area contributed by atoms with Gasteiger partial charge in [0.15, 0.2) is 5.78 Å². The number of benzene rings is 2. The number of fused-ring (bicyclic) bond motifs is 3. The second-order valence-corrected chi connectivity index (χ2v) is 9.75. The SMILES string of the molecule is NCC(CC(=O)c1cc2c(s1)CCCn1ncc(-c3ccccc3)c1-2)Cc1cccc(F)c1. The smallest absolute Gasteiger partial charge is 0.173 e. The van der Waals surface area contributed by atoms with Crippen molar-refractivity contribution in [3.05, 3.63) is 88.0 Å². The minimum Gasteiger partial charge on any atom is -0.330 e. The van der Waals surface area contributed by atoms with E-state index in [2.05, 4.69) is 21.9 Å². The van der Waals surface area contributed by atoms with Gasteiger partial charge in [0.25, 0.3) is 0 Å². The van der Waals surface area contributed by atoms with E-state index in [1.807, 2.05) is 36.5 Å². The summed E-state index contributed by atoms with van der Waals surface area (Å²) in [4.78, 5) is 15.2. The summed E-state index contributed by atoms with van der Waals surface area (Å²) >= 11 is 1.60. The van der Waals surface area contributed by atoms with Crippen molar-refractivity contribution in [1.29, 1.82) is 0 Å². The number of nitrogens with two attached hydrogens (primary N) is 1. The summed E-state index contributed by atoms with van der Waals surface area (Å²) in [7, 11) is 0. The molecule has 4 nitrogen and oxygen atoms in total. The van der Waals surface area contributed by atoms with E-state index in [0.717, 1.165) is 52.2 Å². The molecule has 168 valence electrons. The summed E-state index contributed by atoms with van der Waals surface area (Å²) in [6, 6.07) is 18.8. The molecule has 0 spiro atoms. The number of carbonyl (C=O) groups excluding carboxylic acids is 1. The molecular weight excluding hydrogens is 433 g/mol. The van der Waals surface area contributed by atoms with E-state index in [4.69, 9.17) is 5.73 Å². The number of aryl methyl sites for hydroxylation is 2. The third kappa shape index (κ3) is 4.54. The van der Waals surface area contributed by atoms with Gasteiger partial charge in [-0.15, -0.1) is 11.3 Å². The van der Waals surface area contributed by atoms with Gasteiger partial charge in [0.2, 0.25) is 0 Å². The summed E-state index contributed by atoms with van der Waals surface area (Å²) in [6.07, 6.45) is 4.82. The molecule has 3 heterocycles. The quantitative estimate of drug-likeness (QED) is 0.358. The van der Waals surface area contributed by atoms with E-state index in [9.17, 15) is 9.18 Å². The van der Waals surface area contributed by atoms with E-state index in [1.54, 1.807) is 17.4 Å². The van der Waals surface area contributed by atoms with Crippen molar-refractivity contribution in [2.24, 2.45) is 11.7 Å². The predicted molar refractivity (Wildman–Crippen MR) is 131 cm³/mol. The molecule has 2 aromatic heterocycles. The second kappa shape index (κ2) is 9.41. The fourth-order valence-electron chi connectivity index (χ4n) is 4.61. The van der Waals surface area contributed by atoms with Gasteiger partial charge >= 0.3 is 0 Å². The average Bonchev–Trinajstić information content (AvgIpc) is 3.40. The highest BCUT2D eigenvalue weighted by molar-refractivity contribution is 7.14. The second-order valence-electron chi connectivity index (χ2n) is 8.61. The van der Waals surface area contributed by atoms with Crippen LogP contribution in [0.4, 0.5) is 4.39 Å². The van der Waals surface area contributed by atoms with Crippen LogP contribution in [0.25, 0.3) is 22.4 Å². The fourth-order valence-corrected chi connectivity index (χ4v) is 5.76. The number of Topliss-reactive ketones (excluding diaryl/α,β-unsaturated/α-hetero) is 1. The normalized spacial score (nSPS) is 13.8. The third-order valence-electron chi connectivity index (χ3n) is 6.26. The zero-order valence-electron chi connectivity index (χ0n) is 18.3. The van der Waals surface area contributed by atoms with E-state index >= 15 is 0 Å². The van der Waals surface area contributed by atoms with Crippen LogP contribution in [0.15, 0.2) is 66.9 Å². The summed E-state index contributed by atoms with van der Waals surface area (Å²) in [5, 5.41) is 4.65. The number of carbonyl (C=O) groups is 1. The largest absolute Gasteiger partial charge is 0.330 e. The molecule has 0 saturated carbocycles. The molecule has 1 aliphatic rings. The van der Waals surface area contributed by atoms with Crippen LogP contribution in [-0.4, -0.2) is 22.1 Å². The van der Waals surface area contributed by atoms with Crippen molar-refractivity contribution in [3.8, 4) is 22.4 Å². The topological polar surface area (TPSA) is 60.9 Å². The molecule has 0 bridgehead atoms. The van der Waals surface area contributed by atoms with Crippen LogP contribution in [0.5, 0.6) is 0 Å². The third-order valence-corrected chi connectivity index (χ3v) is 7.49. The molecule has 2 N–H and O–H groups in total. The Balaban J connectivity index is 1.42. The molecule has 0 radical (unpaired) electrons. The number of hydrogen-bond donors (Lipinski definition) is 1. The van der Waals surface area contributed by atoms with Crippen molar-refractivity contribution in [2.75, 3.05) is 6.54 Å². The lowest BCUT2D eigenvalue weighted by molar-refractivity contribution is 0.0966. The fraction of sp³-hybridized carbons (Fsp3) is 0.259. The molecular formula is C27H26FN3OS. The lowest BCUT2D eigenvalue weighted by atomic mass is 9.93. The highest BCUT2D eigenvalue weighted by atomic mass is 32.1. The van der Waals surface area contributed by atoms with Crippen LogP contribution >= 0.6 is 11.3 Å². The van der Waals surface area contributed by atoms with Crippen LogP contribution in [0, 0.1) is 11.7 Å². The van der Waals surface area contributed by atoms with Crippen molar-refractivity contribution in [3.63, 3.8) is 0 Å². The summed E-state index contributed by atoms with van der Waals surface area (Å²) < 4.78 is 15.6. The number of thiophene rings is 1. The van der Waals surface area contributed by atoms with E-state index in [-0.39, 0.29) is 17.5 Å². The van der Waals surface area contributed by atoms with Gasteiger partial charge in [-0.05, 0) is 61.1 Å². The molecule has 1 atom stereocenters. The Morgan fingerprint density at radius 3 is 2.76 bits per heavy atom. The van der Waals surface area contributed by atoms with E-state index in [1.165, 1.54) is 17.0 Å². The Bertz CT molecular complexity index is 1280. The Labute approximate surface area is 196 Å². The number of halogens is 1. The first kappa shape index (κ1) is 21.7. The molecule has 1 aliphatic heterocycles. The zero-order valence-corrected chi connectivity index (χ0v) is 19.2. The minimum atomic E-state index is -0.262. The van der Waals surface area contributed by atoms with Crippen LogP contribution in [0.3, 0.4) is 0 Å². The summed E-state index contributed by atoms with van der Waals surface area (Å²) in [5.74, 6) is -0.179. The minimum absolute atomic E-state index is 0.0217. The molecule has 0 aliphatic carbocycles. The molecule has 0 fully saturated rings. The van der Waals surface area contributed by atoms with Gasteiger partial charge in [0, 0.05) is 29.0 Å². The number of hydrogen-bond acceptors (Lipinski definition) is 4. The van der Waals surface area contributed by atoms with Gasteiger partial charge in [-0.25, -0.2) is 4.39 Å². The van der Waals surface area contributed by atoms with E-state index < -0.39 is 0 Å². The Kier molecular flexibility index (Phi) is 6.20. The maximum atomic E-state index is 13.6. The molecule has 6 heteroatoms. The molecule has 0 amide bonds. The van der Waals surface area contributed by atoms with Gasteiger partial charge in [0.05, 0.1) is 16.8 Å². The molecule has 33 heavy (non-hydrogen) atoms. The summed E-state index contributed by atoms with van der Waals surface area (Å²) in [6.45, 7) is 1.26. The Morgan fingerprint density at radius 2 is 1.97 bits per heavy atom.